The average Bonchev–Trinajstić information content (AvgIpc) is 3.13. The van der Waals surface area contributed by atoms with Crippen molar-refractivity contribution in [2.24, 2.45) is 0 Å². The van der Waals surface area contributed by atoms with Crippen LogP contribution in [0.2, 0.25) is 0 Å². The lowest BCUT2D eigenvalue weighted by Crippen LogP contribution is -2.17. The molecule has 0 spiro atoms. The number of aryl methyl sites for hydroxylation is 1. The van der Waals surface area contributed by atoms with Crippen molar-refractivity contribution in [3.8, 4) is 11.5 Å². The van der Waals surface area contributed by atoms with Crippen LogP contribution in [-0.4, -0.2) is 29.9 Å². The number of rotatable bonds is 9. The Hall–Kier alpha value is -3.77. The molecule has 0 aliphatic heterocycles. The molecule has 1 aromatic heterocycles. The van der Waals surface area contributed by atoms with Gasteiger partial charge in [0.2, 0.25) is 0 Å². The van der Waals surface area contributed by atoms with E-state index >= 15 is 0 Å². The van der Waals surface area contributed by atoms with Gasteiger partial charge in [0.15, 0.2) is 0 Å². The number of carbonyl (C=O) groups is 1. The monoisotopic (exact) mass is 444 g/mol. The standard InChI is InChI=1S/C27H28N2O4/c1-18-7-4-5-9-20(18)17-29-25-14-22(33-3)11-12-23(25)24(26(29)27(30)31)16-28-15-19-8-6-10-21(13-19)32-2/h4-14,28H,15-17H2,1-3H3,(H,30,31). The van der Waals surface area contributed by atoms with E-state index in [0.717, 1.165) is 38.9 Å². The van der Waals surface area contributed by atoms with Crippen molar-refractivity contribution in [3.05, 3.63) is 94.7 Å². The fourth-order valence-electron chi connectivity index (χ4n) is 4.19. The van der Waals surface area contributed by atoms with E-state index in [9.17, 15) is 9.90 Å². The summed E-state index contributed by atoms with van der Waals surface area (Å²) in [5, 5.41) is 14.5. The third kappa shape index (κ3) is 4.71. The minimum atomic E-state index is -0.947. The van der Waals surface area contributed by atoms with Crippen LogP contribution in [0.1, 0.15) is 32.7 Å². The maximum atomic E-state index is 12.5. The topological polar surface area (TPSA) is 72.7 Å². The van der Waals surface area contributed by atoms with Gasteiger partial charge in [0.1, 0.15) is 17.2 Å². The number of benzene rings is 3. The molecule has 0 radical (unpaired) electrons. The molecule has 0 saturated carbocycles. The molecule has 4 aromatic rings. The summed E-state index contributed by atoms with van der Waals surface area (Å²) in [6.07, 6.45) is 0. The van der Waals surface area contributed by atoms with Crippen molar-refractivity contribution in [3.63, 3.8) is 0 Å². The third-order valence-corrected chi connectivity index (χ3v) is 5.93. The van der Waals surface area contributed by atoms with Crippen molar-refractivity contribution in [2.45, 2.75) is 26.6 Å². The van der Waals surface area contributed by atoms with E-state index in [-0.39, 0.29) is 0 Å². The highest BCUT2D eigenvalue weighted by atomic mass is 16.5. The van der Waals surface area contributed by atoms with Crippen LogP contribution in [0.25, 0.3) is 10.9 Å². The van der Waals surface area contributed by atoms with Crippen LogP contribution in [0, 0.1) is 6.92 Å². The lowest BCUT2D eigenvalue weighted by Gasteiger charge is -2.12. The average molecular weight is 445 g/mol. The van der Waals surface area contributed by atoms with Gasteiger partial charge in [-0.05, 0) is 47.9 Å². The molecule has 0 aliphatic rings. The summed E-state index contributed by atoms with van der Waals surface area (Å²) in [6.45, 7) is 3.52. The van der Waals surface area contributed by atoms with E-state index in [1.807, 2.05) is 78.2 Å². The zero-order chi connectivity index (χ0) is 23.4. The predicted molar refractivity (Wildman–Crippen MR) is 129 cm³/mol. The van der Waals surface area contributed by atoms with Crippen molar-refractivity contribution in [1.29, 1.82) is 0 Å². The Morgan fingerprint density at radius 2 is 1.70 bits per heavy atom. The normalized spacial score (nSPS) is 11.0. The minimum Gasteiger partial charge on any atom is -0.497 e. The number of nitrogens with one attached hydrogen (secondary N) is 1. The molecule has 0 bridgehead atoms. The number of nitrogens with zero attached hydrogens (tertiary/aromatic N) is 1. The first-order chi connectivity index (χ1) is 16.0. The molecule has 0 unspecified atom stereocenters. The Balaban J connectivity index is 1.74. The lowest BCUT2D eigenvalue weighted by molar-refractivity contribution is 0.0684. The number of aromatic nitrogens is 1. The first-order valence-corrected chi connectivity index (χ1v) is 10.8. The zero-order valence-electron chi connectivity index (χ0n) is 19.1. The maximum absolute atomic E-state index is 12.5. The highest BCUT2D eigenvalue weighted by Crippen LogP contribution is 2.31. The van der Waals surface area contributed by atoms with Gasteiger partial charge in [0.05, 0.1) is 19.7 Å². The molecule has 0 saturated heterocycles. The molecule has 6 heteroatoms. The Morgan fingerprint density at radius 1 is 0.939 bits per heavy atom. The largest absolute Gasteiger partial charge is 0.497 e. The lowest BCUT2D eigenvalue weighted by atomic mass is 10.1. The number of carboxylic acids is 1. The highest BCUT2D eigenvalue weighted by Gasteiger charge is 2.23. The number of hydrogen-bond donors (Lipinski definition) is 2. The first-order valence-electron chi connectivity index (χ1n) is 10.8. The van der Waals surface area contributed by atoms with Crippen LogP contribution < -0.4 is 14.8 Å². The Kier molecular flexibility index (Phi) is 6.66. The van der Waals surface area contributed by atoms with Gasteiger partial charge in [-0.25, -0.2) is 4.79 Å². The molecular formula is C27H28N2O4. The fourth-order valence-corrected chi connectivity index (χ4v) is 4.19. The van der Waals surface area contributed by atoms with Crippen LogP contribution >= 0.6 is 0 Å². The van der Waals surface area contributed by atoms with Crippen molar-refractivity contribution in [1.82, 2.24) is 9.88 Å². The van der Waals surface area contributed by atoms with E-state index in [4.69, 9.17) is 9.47 Å². The van der Waals surface area contributed by atoms with Gasteiger partial charge < -0.3 is 24.5 Å². The smallest absolute Gasteiger partial charge is 0.352 e. The Morgan fingerprint density at radius 3 is 2.42 bits per heavy atom. The van der Waals surface area contributed by atoms with Crippen LogP contribution in [0.5, 0.6) is 11.5 Å². The second-order valence-electron chi connectivity index (χ2n) is 7.98. The molecule has 0 amide bonds. The number of carboxylic acid groups (broad SMARTS) is 1. The summed E-state index contributed by atoms with van der Waals surface area (Å²) in [5.74, 6) is 0.540. The van der Waals surface area contributed by atoms with E-state index in [0.29, 0.717) is 31.1 Å². The molecule has 0 aliphatic carbocycles. The SMILES string of the molecule is COc1cccc(CNCc2c(C(=O)O)n(Cc3ccccc3C)c3cc(OC)ccc23)c1. The third-order valence-electron chi connectivity index (χ3n) is 5.93. The number of ether oxygens (including phenoxy) is 2. The number of methoxy groups -OCH3 is 2. The second-order valence-corrected chi connectivity index (χ2v) is 7.98. The summed E-state index contributed by atoms with van der Waals surface area (Å²) in [7, 11) is 3.26. The Labute approximate surface area is 193 Å². The van der Waals surface area contributed by atoms with E-state index < -0.39 is 5.97 Å². The van der Waals surface area contributed by atoms with Crippen LogP contribution in [0.4, 0.5) is 0 Å². The summed E-state index contributed by atoms with van der Waals surface area (Å²) in [6, 6.07) is 21.6. The number of fused-ring (bicyclic) bond motifs is 1. The van der Waals surface area contributed by atoms with Gasteiger partial charge in [0.25, 0.3) is 0 Å². The molecule has 170 valence electrons. The number of aromatic carboxylic acids is 1. The zero-order valence-corrected chi connectivity index (χ0v) is 19.1. The second kappa shape index (κ2) is 9.79. The van der Waals surface area contributed by atoms with Crippen LogP contribution in [-0.2, 0) is 19.6 Å². The quantitative estimate of drug-likeness (QED) is 0.380. The van der Waals surface area contributed by atoms with Crippen molar-refractivity contribution in [2.75, 3.05) is 14.2 Å². The summed E-state index contributed by atoms with van der Waals surface area (Å²) in [4.78, 5) is 12.5. The van der Waals surface area contributed by atoms with Crippen LogP contribution in [0.15, 0.2) is 66.7 Å². The van der Waals surface area contributed by atoms with Crippen LogP contribution in [0.3, 0.4) is 0 Å². The minimum absolute atomic E-state index is 0.291. The Bertz CT molecular complexity index is 1290. The molecule has 6 nitrogen and oxygen atoms in total. The summed E-state index contributed by atoms with van der Waals surface area (Å²) in [5.41, 5.74) is 5.16. The van der Waals surface area contributed by atoms with Gasteiger partial charge >= 0.3 is 5.97 Å². The van der Waals surface area contributed by atoms with Gasteiger partial charge in [0, 0.05) is 36.7 Å². The van der Waals surface area contributed by atoms with E-state index in [1.165, 1.54) is 0 Å². The highest BCUT2D eigenvalue weighted by molar-refractivity contribution is 5.98. The molecule has 4 rings (SSSR count). The maximum Gasteiger partial charge on any atom is 0.352 e. The molecule has 0 atom stereocenters. The predicted octanol–water partition coefficient (Wildman–Crippen LogP) is 5.00. The van der Waals surface area contributed by atoms with Gasteiger partial charge in [-0.1, -0.05) is 36.4 Å². The van der Waals surface area contributed by atoms with E-state index in [2.05, 4.69) is 5.32 Å². The van der Waals surface area contributed by atoms with Gasteiger partial charge in [-0.2, -0.15) is 0 Å². The number of hydrogen-bond acceptors (Lipinski definition) is 4. The van der Waals surface area contributed by atoms with Gasteiger partial charge in [-0.3, -0.25) is 0 Å². The summed E-state index contributed by atoms with van der Waals surface area (Å²) < 4.78 is 12.6. The van der Waals surface area contributed by atoms with Crippen molar-refractivity contribution >= 4 is 16.9 Å². The molecule has 1 heterocycles. The van der Waals surface area contributed by atoms with Gasteiger partial charge in [-0.15, -0.1) is 0 Å². The molecular weight excluding hydrogens is 416 g/mol. The molecule has 0 fully saturated rings. The first kappa shape index (κ1) is 22.4. The summed E-state index contributed by atoms with van der Waals surface area (Å²) >= 11 is 0. The molecule has 2 N–H and O–H groups in total. The fraction of sp³-hybridized carbons (Fsp3) is 0.222. The van der Waals surface area contributed by atoms with Crippen molar-refractivity contribution < 1.29 is 19.4 Å². The molecule has 33 heavy (non-hydrogen) atoms. The van der Waals surface area contributed by atoms with E-state index in [1.54, 1.807) is 14.2 Å². The molecule has 3 aromatic carbocycles.